The SMILES string of the molecule is O=S(=O)(O)C(c1cccc(Cl)c1)(c1ccc(Cl)cc1Cl)c1c(O)ccc(O)c1Cl. The summed E-state index contributed by atoms with van der Waals surface area (Å²) in [5.41, 5.74) is -0.719. The molecule has 0 aliphatic rings. The van der Waals surface area contributed by atoms with Gasteiger partial charge in [-0.2, -0.15) is 8.42 Å². The van der Waals surface area contributed by atoms with Crippen LogP contribution >= 0.6 is 46.4 Å². The fourth-order valence-corrected chi connectivity index (χ4v) is 5.72. The van der Waals surface area contributed by atoms with Crippen LogP contribution in [-0.2, 0) is 14.9 Å². The number of phenols is 2. The Balaban J connectivity index is 2.65. The van der Waals surface area contributed by atoms with Gasteiger partial charge in [-0.25, -0.2) is 0 Å². The van der Waals surface area contributed by atoms with Gasteiger partial charge >= 0.3 is 0 Å². The molecule has 29 heavy (non-hydrogen) atoms. The molecule has 3 rings (SSSR count). The average molecular weight is 494 g/mol. The van der Waals surface area contributed by atoms with Crippen molar-refractivity contribution in [2.75, 3.05) is 0 Å². The topological polar surface area (TPSA) is 94.8 Å². The molecule has 3 aromatic carbocycles. The number of benzene rings is 3. The Morgan fingerprint density at radius 3 is 2.00 bits per heavy atom. The third-order valence-electron chi connectivity index (χ3n) is 4.38. The Morgan fingerprint density at radius 2 is 1.41 bits per heavy atom. The lowest BCUT2D eigenvalue weighted by Crippen LogP contribution is -2.39. The molecular weight excluding hydrogens is 482 g/mol. The monoisotopic (exact) mass is 492 g/mol. The maximum Gasteiger partial charge on any atom is 0.283 e. The number of aromatic hydroxyl groups is 2. The molecule has 10 heteroatoms. The van der Waals surface area contributed by atoms with E-state index in [0.717, 1.165) is 12.1 Å². The zero-order chi connectivity index (χ0) is 21.6. The maximum absolute atomic E-state index is 13.0. The Kier molecular flexibility index (Phi) is 5.98. The van der Waals surface area contributed by atoms with Crippen LogP contribution in [0.2, 0.25) is 20.1 Å². The molecule has 0 aliphatic heterocycles. The number of halogens is 4. The van der Waals surface area contributed by atoms with E-state index in [1.165, 1.54) is 42.5 Å². The fourth-order valence-electron chi connectivity index (χ4n) is 3.22. The summed E-state index contributed by atoms with van der Waals surface area (Å²) in [5.74, 6) is -1.11. The highest BCUT2D eigenvalue weighted by Crippen LogP contribution is 2.53. The molecule has 0 amide bonds. The highest BCUT2D eigenvalue weighted by molar-refractivity contribution is 7.87. The van der Waals surface area contributed by atoms with Crippen LogP contribution in [0.1, 0.15) is 16.7 Å². The van der Waals surface area contributed by atoms with Crippen LogP contribution in [0.25, 0.3) is 0 Å². The molecule has 0 saturated carbocycles. The van der Waals surface area contributed by atoms with Crippen molar-refractivity contribution >= 4 is 56.5 Å². The minimum absolute atomic E-state index is 0.0699. The Morgan fingerprint density at radius 1 is 0.793 bits per heavy atom. The van der Waals surface area contributed by atoms with Gasteiger partial charge in [0, 0.05) is 26.2 Å². The van der Waals surface area contributed by atoms with Gasteiger partial charge in [-0.3, -0.25) is 4.55 Å². The van der Waals surface area contributed by atoms with E-state index in [-0.39, 0.29) is 26.2 Å². The minimum Gasteiger partial charge on any atom is -0.508 e. The first-order valence-corrected chi connectivity index (χ1v) is 10.8. The molecule has 3 N–H and O–H groups in total. The average Bonchev–Trinajstić information content (AvgIpc) is 2.62. The summed E-state index contributed by atoms with van der Waals surface area (Å²) in [5, 5.41) is 20.4. The first-order valence-electron chi connectivity index (χ1n) is 7.89. The van der Waals surface area contributed by atoms with Crippen LogP contribution in [0.4, 0.5) is 0 Å². The van der Waals surface area contributed by atoms with Crippen LogP contribution in [0.15, 0.2) is 54.6 Å². The Hall–Kier alpha value is -1.67. The van der Waals surface area contributed by atoms with Gasteiger partial charge in [-0.15, -0.1) is 0 Å². The molecule has 5 nitrogen and oxygen atoms in total. The summed E-state index contributed by atoms with van der Waals surface area (Å²) in [6.07, 6.45) is 0. The van der Waals surface area contributed by atoms with Crippen molar-refractivity contribution in [2.45, 2.75) is 4.75 Å². The molecule has 152 valence electrons. The maximum atomic E-state index is 13.0. The van der Waals surface area contributed by atoms with Gasteiger partial charge in [0.25, 0.3) is 10.1 Å². The molecule has 0 aromatic heterocycles. The van der Waals surface area contributed by atoms with Crippen LogP contribution in [-0.4, -0.2) is 23.2 Å². The van der Waals surface area contributed by atoms with Crippen molar-refractivity contribution in [3.63, 3.8) is 0 Å². The number of hydrogen-bond acceptors (Lipinski definition) is 4. The van der Waals surface area contributed by atoms with Crippen LogP contribution in [0.5, 0.6) is 11.5 Å². The van der Waals surface area contributed by atoms with E-state index in [1.807, 2.05) is 0 Å². The van der Waals surface area contributed by atoms with Crippen molar-refractivity contribution in [3.8, 4) is 11.5 Å². The van der Waals surface area contributed by atoms with E-state index in [1.54, 1.807) is 0 Å². The number of rotatable bonds is 4. The molecule has 0 saturated heterocycles. The zero-order valence-electron chi connectivity index (χ0n) is 14.3. The van der Waals surface area contributed by atoms with E-state index >= 15 is 0 Å². The highest BCUT2D eigenvalue weighted by atomic mass is 35.5. The zero-order valence-corrected chi connectivity index (χ0v) is 18.1. The van der Waals surface area contributed by atoms with Crippen LogP contribution in [0.3, 0.4) is 0 Å². The van der Waals surface area contributed by atoms with Gasteiger partial charge in [0.15, 0.2) is 4.75 Å². The largest absolute Gasteiger partial charge is 0.508 e. The third kappa shape index (κ3) is 3.65. The molecule has 0 fully saturated rings. The first kappa shape index (κ1) is 22.0. The van der Waals surface area contributed by atoms with Crippen molar-refractivity contribution in [1.29, 1.82) is 0 Å². The fraction of sp³-hybridized carbons (Fsp3) is 0.0526. The Labute approximate surface area is 186 Å². The number of hydrogen-bond donors (Lipinski definition) is 3. The van der Waals surface area contributed by atoms with Gasteiger partial charge < -0.3 is 10.2 Å². The second-order valence-electron chi connectivity index (χ2n) is 6.08. The predicted octanol–water partition coefficient (Wildman–Crippen LogP) is 5.89. The predicted molar refractivity (Wildman–Crippen MR) is 114 cm³/mol. The standard InChI is InChI=1S/C19H12Cl4O5S/c20-11-3-1-2-10(8-11)19(29(26,27)28,13-5-4-12(21)9-14(13)22)17-15(24)6-7-16(25)18(17)23/h1-9,24-25H,(H,26,27,28). The van der Waals surface area contributed by atoms with Crippen molar-refractivity contribution in [3.05, 3.63) is 91.4 Å². The molecule has 0 bridgehead atoms. The highest BCUT2D eigenvalue weighted by Gasteiger charge is 2.53. The van der Waals surface area contributed by atoms with E-state index in [2.05, 4.69) is 0 Å². The molecule has 0 aliphatic carbocycles. The first-order chi connectivity index (χ1) is 13.5. The molecule has 0 heterocycles. The van der Waals surface area contributed by atoms with Gasteiger partial charge in [0.1, 0.15) is 11.5 Å². The smallest absolute Gasteiger partial charge is 0.283 e. The summed E-state index contributed by atoms with van der Waals surface area (Å²) in [6.45, 7) is 0. The second-order valence-corrected chi connectivity index (χ2v) is 9.30. The van der Waals surface area contributed by atoms with Gasteiger partial charge in [0.2, 0.25) is 0 Å². The van der Waals surface area contributed by atoms with Crippen LogP contribution < -0.4 is 0 Å². The second kappa shape index (κ2) is 7.87. The molecule has 1 unspecified atom stereocenters. The summed E-state index contributed by atoms with van der Waals surface area (Å²) >= 11 is 24.6. The summed E-state index contributed by atoms with van der Waals surface area (Å²) < 4.78 is 33.9. The lowest BCUT2D eigenvalue weighted by Gasteiger charge is -2.34. The summed E-state index contributed by atoms with van der Waals surface area (Å²) in [7, 11) is -5.14. The normalized spacial score (nSPS) is 13.8. The van der Waals surface area contributed by atoms with Crippen LogP contribution in [0, 0.1) is 0 Å². The quantitative estimate of drug-likeness (QED) is 0.239. The van der Waals surface area contributed by atoms with Gasteiger partial charge in [-0.05, 0) is 42.0 Å². The third-order valence-corrected chi connectivity index (χ3v) is 6.98. The van der Waals surface area contributed by atoms with E-state index in [0.29, 0.717) is 0 Å². The van der Waals surface area contributed by atoms with Crippen molar-refractivity contribution in [1.82, 2.24) is 0 Å². The minimum atomic E-state index is -5.14. The van der Waals surface area contributed by atoms with Gasteiger partial charge in [-0.1, -0.05) is 64.6 Å². The number of phenolic OH excluding ortho intramolecular Hbond substituents is 2. The summed E-state index contributed by atoms with van der Waals surface area (Å²) in [4.78, 5) is 0. The summed E-state index contributed by atoms with van der Waals surface area (Å²) in [6, 6.07) is 11.6. The Bertz CT molecular complexity index is 1210. The lowest BCUT2D eigenvalue weighted by molar-refractivity contribution is 0.434. The van der Waals surface area contributed by atoms with Crippen molar-refractivity contribution < 1.29 is 23.2 Å². The molecule has 0 radical (unpaired) electrons. The van der Waals surface area contributed by atoms with Crippen molar-refractivity contribution in [2.24, 2.45) is 0 Å². The molecule has 1 atom stereocenters. The lowest BCUT2D eigenvalue weighted by atomic mass is 9.83. The van der Waals surface area contributed by atoms with E-state index in [4.69, 9.17) is 46.4 Å². The molecule has 3 aromatic rings. The van der Waals surface area contributed by atoms with Gasteiger partial charge in [0.05, 0.1) is 5.02 Å². The van der Waals surface area contributed by atoms with E-state index < -0.39 is 37.0 Å². The van der Waals surface area contributed by atoms with E-state index in [9.17, 15) is 23.2 Å². The molecule has 0 spiro atoms. The molecular formula is C19H12Cl4O5S.